The van der Waals surface area contributed by atoms with E-state index in [0.717, 1.165) is 5.69 Å². The number of hydrogen-bond donors (Lipinski definition) is 2. The molecule has 1 rings (SSSR count). The molecule has 0 aliphatic carbocycles. The topological polar surface area (TPSA) is 73.3 Å². The lowest BCUT2D eigenvalue weighted by Gasteiger charge is -2.21. The third kappa shape index (κ3) is 3.24. The average Bonchev–Trinajstić information content (AvgIpc) is 2.29. The van der Waals surface area contributed by atoms with Crippen molar-refractivity contribution in [2.75, 3.05) is 25.0 Å². The Balaban J connectivity index is 2.66. The molecule has 1 aromatic rings. The van der Waals surface area contributed by atoms with Crippen LogP contribution in [0.25, 0.3) is 0 Å². The van der Waals surface area contributed by atoms with Crippen molar-refractivity contribution in [3.05, 3.63) is 29.8 Å². The van der Waals surface area contributed by atoms with Gasteiger partial charge in [0.25, 0.3) is 0 Å². The molecule has 0 fully saturated rings. The van der Waals surface area contributed by atoms with Crippen molar-refractivity contribution in [3.63, 3.8) is 0 Å². The molecule has 0 bridgehead atoms. The molecule has 1 unspecified atom stereocenters. The Bertz CT molecular complexity index is 342. The summed E-state index contributed by atoms with van der Waals surface area (Å²) in [7, 11) is 1.88. The Morgan fingerprint density at radius 3 is 2.53 bits per heavy atom. The van der Waals surface area contributed by atoms with Crippen molar-refractivity contribution in [3.8, 4) is 6.07 Å². The highest BCUT2D eigenvalue weighted by atomic mass is 16.3. The SMILES string of the molecule is CN(CC(O)CN)c1ccc(C#N)cc1. The average molecular weight is 205 g/mol. The highest BCUT2D eigenvalue weighted by molar-refractivity contribution is 5.49. The standard InChI is InChI=1S/C11H15N3O/c1-14(8-11(15)7-13)10-4-2-9(6-12)3-5-10/h2-5,11,15H,7-8,13H2,1H3. The predicted octanol–water partition coefficient (Wildman–Crippen LogP) is 0.314. The van der Waals surface area contributed by atoms with E-state index >= 15 is 0 Å². The molecule has 15 heavy (non-hydrogen) atoms. The fourth-order valence-corrected chi connectivity index (χ4v) is 1.29. The fraction of sp³-hybridized carbons (Fsp3) is 0.364. The maximum absolute atomic E-state index is 9.37. The van der Waals surface area contributed by atoms with E-state index in [9.17, 15) is 5.11 Å². The summed E-state index contributed by atoms with van der Waals surface area (Å²) < 4.78 is 0. The van der Waals surface area contributed by atoms with E-state index in [4.69, 9.17) is 11.0 Å². The lowest BCUT2D eigenvalue weighted by atomic mass is 10.2. The van der Waals surface area contributed by atoms with Gasteiger partial charge in [-0.1, -0.05) is 0 Å². The third-order valence-electron chi connectivity index (χ3n) is 2.19. The van der Waals surface area contributed by atoms with Crippen LogP contribution in [0.4, 0.5) is 5.69 Å². The van der Waals surface area contributed by atoms with Crippen molar-refractivity contribution in [1.29, 1.82) is 5.26 Å². The summed E-state index contributed by atoms with van der Waals surface area (Å²) in [6.45, 7) is 0.739. The van der Waals surface area contributed by atoms with Gasteiger partial charge in [0.1, 0.15) is 0 Å². The zero-order valence-corrected chi connectivity index (χ0v) is 8.72. The molecule has 4 heteroatoms. The molecule has 0 aliphatic rings. The number of anilines is 1. The number of nitrogens with zero attached hydrogens (tertiary/aromatic N) is 2. The van der Waals surface area contributed by atoms with Crippen LogP contribution in [0.3, 0.4) is 0 Å². The maximum atomic E-state index is 9.37. The number of likely N-dealkylation sites (N-methyl/N-ethyl adjacent to an activating group) is 1. The van der Waals surface area contributed by atoms with Crippen molar-refractivity contribution >= 4 is 5.69 Å². The first kappa shape index (κ1) is 11.5. The number of aliphatic hydroxyl groups excluding tert-OH is 1. The van der Waals surface area contributed by atoms with E-state index < -0.39 is 6.10 Å². The van der Waals surface area contributed by atoms with E-state index in [-0.39, 0.29) is 6.54 Å². The van der Waals surface area contributed by atoms with Gasteiger partial charge < -0.3 is 15.7 Å². The second kappa shape index (κ2) is 5.35. The Hall–Kier alpha value is -1.57. The van der Waals surface area contributed by atoms with Gasteiger partial charge in [0.15, 0.2) is 0 Å². The van der Waals surface area contributed by atoms with Crippen LogP contribution >= 0.6 is 0 Å². The molecule has 0 radical (unpaired) electrons. The van der Waals surface area contributed by atoms with Gasteiger partial charge >= 0.3 is 0 Å². The normalized spacial score (nSPS) is 11.9. The van der Waals surface area contributed by atoms with Crippen LogP contribution in [0.15, 0.2) is 24.3 Å². The van der Waals surface area contributed by atoms with Crippen molar-refractivity contribution < 1.29 is 5.11 Å². The smallest absolute Gasteiger partial charge is 0.0991 e. The van der Waals surface area contributed by atoms with E-state index in [1.807, 2.05) is 24.1 Å². The zero-order valence-electron chi connectivity index (χ0n) is 8.72. The maximum Gasteiger partial charge on any atom is 0.0991 e. The largest absolute Gasteiger partial charge is 0.390 e. The van der Waals surface area contributed by atoms with Gasteiger partial charge in [-0.05, 0) is 24.3 Å². The molecule has 0 saturated carbocycles. The van der Waals surface area contributed by atoms with Gasteiger partial charge in [0, 0.05) is 25.8 Å². The number of benzene rings is 1. The van der Waals surface area contributed by atoms with Gasteiger partial charge in [-0.15, -0.1) is 0 Å². The van der Waals surface area contributed by atoms with Gasteiger partial charge in [-0.2, -0.15) is 5.26 Å². The third-order valence-corrected chi connectivity index (χ3v) is 2.19. The van der Waals surface area contributed by atoms with Gasteiger partial charge in [-0.3, -0.25) is 0 Å². The van der Waals surface area contributed by atoms with E-state index in [1.165, 1.54) is 0 Å². The minimum atomic E-state index is -0.523. The molecular formula is C11H15N3O. The number of hydrogen-bond acceptors (Lipinski definition) is 4. The summed E-state index contributed by atoms with van der Waals surface area (Å²) in [5.74, 6) is 0. The summed E-state index contributed by atoms with van der Waals surface area (Å²) in [6, 6.07) is 9.26. The molecule has 0 heterocycles. The molecule has 1 atom stereocenters. The Morgan fingerprint density at radius 2 is 2.07 bits per heavy atom. The summed E-state index contributed by atoms with van der Waals surface area (Å²) in [6.07, 6.45) is -0.523. The molecule has 0 saturated heterocycles. The van der Waals surface area contributed by atoms with Crippen LogP contribution in [-0.2, 0) is 0 Å². The first-order valence-corrected chi connectivity index (χ1v) is 4.76. The first-order chi connectivity index (χ1) is 7.17. The van der Waals surface area contributed by atoms with E-state index in [2.05, 4.69) is 6.07 Å². The summed E-state index contributed by atoms with van der Waals surface area (Å²) in [5, 5.41) is 18.0. The number of aliphatic hydroxyl groups is 1. The molecule has 3 N–H and O–H groups in total. The van der Waals surface area contributed by atoms with Gasteiger partial charge in [0.2, 0.25) is 0 Å². The fourth-order valence-electron chi connectivity index (χ4n) is 1.29. The highest BCUT2D eigenvalue weighted by Crippen LogP contribution is 2.13. The van der Waals surface area contributed by atoms with Gasteiger partial charge in [0.05, 0.1) is 17.7 Å². The minimum Gasteiger partial charge on any atom is -0.390 e. The van der Waals surface area contributed by atoms with Gasteiger partial charge in [-0.25, -0.2) is 0 Å². The molecule has 0 aliphatic heterocycles. The van der Waals surface area contributed by atoms with Crippen LogP contribution in [0, 0.1) is 11.3 Å². The summed E-state index contributed by atoms with van der Waals surface area (Å²) in [4.78, 5) is 1.90. The minimum absolute atomic E-state index is 0.251. The van der Waals surface area contributed by atoms with Crippen molar-refractivity contribution in [2.24, 2.45) is 5.73 Å². The lowest BCUT2D eigenvalue weighted by Crippen LogP contribution is -2.34. The molecule has 1 aromatic carbocycles. The van der Waals surface area contributed by atoms with E-state index in [0.29, 0.717) is 12.1 Å². The van der Waals surface area contributed by atoms with Crippen LogP contribution in [0.5, 0.6) is 0 Å². The highest BCUT2D eigenvalue weighted by Gasteiger charge is 2.06. The second-order valence-corrected chi connectivity index (χ2v) is 3.43. The van der Waals surface area contributed by atoms with Crippen LogP contribution in [0.1, 0.15) is 5.56 Å². The van der Waals surface area contributed by atoms with Crippen LogP contribution < -0.4 is 10.6 Å². The number of nitrogens with two attached hydrogens (primary N) is 1. The molecule has 0 spiro atoms. The number of nitriles is 1. The molecule has 0 amide bonds. The zero-order chi connectivity index (χ0) is 11.3. The quantitative estimate of drug-likeness (QED) is 0.742. The summed E-state index contributed by atoms with van der Waals surface area (Å²) >= 11 is 0. The molecule has 4 nitrogen and oxygen atoms in total. The lowest BCUT2D eigenvalue weighted by molar-refractivity contribution is 0.189. The second-order valence-electron chi connectivity index (χ2n) is 3.43. The number of rotatable bonds is 4. The summed E-state index contributed by atoms with van der Waals surface area (Å²) in [5.41, 5.74) is 6.92. The van der Waals surface area contributed by atoms with Crippen molar-refractivity contribution in [2.45, 2.75) is 6.10 Å². The first-order valence-electron chi connectivity index (χ1n) is 4.76. The Morgan fingerprint density at radius 1 is 1.47 bits per heavy atom. The molecule has 0 aromatic heterocycles. The van der Waals surface area contributed by atoms with Crippen LogP contribution in [-0.4, -0.2) is 31.3 Å². The molecule has 80 valence electrons. The van der Waals surface area contributed by atoms with Crippen molar-refractivity contribution in [1.82, 2.24) is 0 Å². The van der Waals surface area contributed by atoms with E-state index in [1.54, 1.807) is 12.1 Å². The predicted molar refractivity (Wildman–Crippen MR) is 59.5 cm³/mol. The monoisotopic (exact) mass is 205 g/mol. The Labute approximate surface area is 89.5 Å². The Kier molecular flexibility index (Phi) is 4.10. The molecular weight excluding hydrogens is 190 g/mol. The van der Waals surface area contributed by atoms with Crippen LogP contribution in [0.2, 0.25) is 0 Å².